The number of nitrogens with one attached hydrogen (secondary N) is 1. The number of hydrogen-bond acceptors (Lipinski definition) is 5. The highest BCUT2D eigenvalue weighted by atomic mass is 16.7. The molecule has 0 aromatic rings. The maximum Gasteiger partial charge on any atom is 0.481 e. The van der Waals surface area contributed by atoms with Gasteiger partial charge in [0.05, 0.1) is 17.6 Å². The van der Waals surface area contributed by atoms with E-state index in [4.69, 9.17) is 14.0 Å². The minimum atomic E-state index is -0.588. The first kappa shape index (κ1) is 21.0. The van der Waals surface area contributed by atoms with Crippen molar-refractivity contribution in [2.24, 2.45) is 17.3 Å². The zero-order chi connectivity index (χ0) is 21.2. The van der Waals surface area contributed by atoms with Gasteiger partial charge in [0.25, 0.3) is 0 Å². The molecule has 0 spiro atoms. The van der Waals surface area contributed by atoms with Crippen LogP contribution in [0, 0.1) is 17.3 Å². The number of carbonyl (C=O) groups excluding carboxylic acids is 2. The van der Waals surface area contributed by atoms with Gasteiger partial charge in [-0.1, -0.05) is 13.8 Å². The summed E-state index contributed by atoms with van der Waals surface area (Å²) >= 11 is 0. The van der Waals surface area contributed by atoms with E-state index < -0.39 is 11.7 Å². The number of carbonyl (C=O) groups is 2. The highest BCUT2D eigenvalue weighted by Gasteiger charge is 2.69. The summed E-state index contributed by atoms with van der Waals surface area (Å²) in [6.07, 6.45) is 3.58. The van der Waals surface area contributed by atoms with Crippen molar-refractivity contribution >= 4 is 19.1 Å². The van der Waals surface area contributed by atoms with Crippen LogP contribution in [-0.4, -0.2) is 60.4 Å². The van der Waals surface area contributed by atoms with E-state index in [2.05, 4.69) is 26.1 Å². The second-order valence-electron chi connectivity index (χ2n) is 11.0. The Kier molecular flexibility index (Phi) is 4.97. The molecule has 2 aliphatic heterocycles. The lowest BCUT2D eigenvalue weighted by Gasteiger charge is -2.64. The van der Waals surface area contributed by atoms with Gasteiger partial charge in [0, 0.05) is 6.54 Å². The van der Waals surface area contributed by atoms with Crippen LogP contribution < -0.4 is 5.32 Å². The molecular weight excluding hydrogens is 371 g/mol. The third-order valence-electron chi connectivity index (χ3n) is 7.69. The zero-order valence-corrected chi connectivity index (χ0v) is 18.6. The van der Waals surface area contributed by atoms with Crippen LogP contribution in [0.1, 0.15) is 67.2 Å². The molecule has 5 rings (SSSR count). The van der Waals surface area contributed by atoms with Crippen LogP contribution >= 0.6 is 0 Å². The van der Waals surface area contributed by atoms with E-state index in [1.54, 1.807) is 20.8 Å². The summed E-state index contributed by atoms with van der Waals surface area (Å²) in [5, 5.41) is 2.57. The maximum atomic E-state index is 12.8. The van der Waals surface area contributed by atoms with Gasteiger partial charge in [-0.15, -0.1) is 0 Å². The van der Waals surface area contributed by atoms with Gasteiger partial charge in [-0.05, 0) is 70.6 Å². The van der Waals surface area contributed by atoms with Gasteiger partial charge in [-0.25, -0.2) is 4.79 Å². The predicted molar refractivity (Wildman–Crippen MR) is 109 cm³/mol. The van der Waals surface area contributed by atoms with Crippen LogP contribution in [0.25, 0.3) is 0 Å². The monoisotopic (exact) mass is 406 g/mol. The smallest absolute Gasteiger partial charge is 0.444 e. The molecule has 2 saturated heterocycles. The van der Waals surface area contributed by atoms with Crippen LogP contribution in [0.5, 0.6) is 0 Å². The summed E-state index contributed by atoms with van der Waals surface area (Å²) in [5.74, 6) is 0.997. The molecule has 2 amide bonds. The van der Waals surface area contributed by atoms with Gasteiger partial charge in [-0.2, -0.15) is 0 Å². The van der Waals surface area contributed by atoms with Gasteiger partial charge in [0.2, 0.25) is 5.91 Å². The second-order valence-corrected chi connectivity index (χ2v) is 11.0. The standard InChI is InChI=1S/C21H35BN2O5/c1-19(2,3)27-18(26)23-12-17(25)24-9-7-8-16(24)22-28-15-11-13-10-14(20(13,4)5)21(15,6)29-22/h13-16H,7-12H2,1-6H3,(H,23,26)/t13-,14?,15?,16?,21?/m1/s1. The van der Waals surface area contributed by atoms with Crippen molar-refractivity contribution in [2.75, 3.05) is 13.1 Å². The first-order valence-corrected chi connectivity index (χ1v) is 11.0. The molecule has 7 nitrogen and oxygen atoms in total. The van der Waals surface area contributed by atoms with Gasteiger partial charge >= 0.3 is 13.2 Å². The van der Waals surface area contributed by atoms with Gasteiger partial charge in [0.1, 0.15) is 12.1 Å². The Bertz CT molecular complexity index is 693. The van der Waals surface area contributed by atoms with Crippen molar-refractivity contribution in [3.8, 4) is 0 Å². The van der Waals surface area contributed by atoms with Crippen molar-refractivity contribution < 1.29 is 23.6 Å². The quantitative estimate of drug-likeness (QED) is 0.730. The number of nitrogens with zero attached hydrogens (tertiary/aromatic N) is 1. The molecule has 5 fully saturated rings. The Balaban J connectivity index is 1.37. The van der Waals surface area contributed by atoms with E-state index in [1.807, 2.05) is 4.90 Å². The molecule has 0 radical (unpaired) electrons. The summed E-state index contributed by atoms with van der Waals surface area (Å²) in [5.41, 5.74) is -0.559. The van der Waals surface area contributed by atoms with Gasteiger partial charge in [-0.3, -0.25) is 4.79 Å². The lowest BCUT2D eigenvalue weighted by atomic mass is 9.43. The van der Waals surface area contributed by atoms with Crippen LogP contribution in [0.3, 0.4) is 0 Å². The largest absolute Gasteiger partial charge is 0.481 e. The minimum Gasteiger partial charge on any atom is -0.444 e. The molecule has 0 aromatic heterocycles. The molecule has 5 atom stereocenters. The fourth-order valence-corrected chi connectivity index (χ4v) is 6.01. The molecule has 4 unspecified atom stereocenters. The van der Waals surface area contributed by atoms with Crippen LogP contribution in [-0.2, 0) is 18.8 Å². The first-order chi connectivity index (χ1) is 13.4. The van der Waals surface area contributed by atoms with Crippen molar-refractivity contribution in [1.29, 1.82) is 0 Å². The molecule has 162 valence electrons. The average Bonchev–Trinajstić information content (AvgIpc) is 3.20. The number of rotatable bonds is 3. The molecule has 8 heteroatoms. The molecule has 5 aliphatic rings. The number of ether oxygens (including phenoxy) is 1. The van der Waals surface area contributed by atoms with E-state index in [1.165, 1.54) is 6.42 Å². The van der Waals surface area contributed by atoms with Gasteiger partial charge in [0.15, 0.2) is 0 Å². The van der Waals surface area contributed by atoms with E-state index in [-0.39, 0.29) is 37.2 Å². The summed E-state index contributed by atoms with van der Waals surface area (Å²) in [7, 11) is -0.381. The van der Waals surface area contributed by atoms with E-state index >= 15 is 0 Å². The Hall–Kier alpha value is -1.28. The molecule has 2 heterocycles. The van der Waals surface area contributed by atoms with Crippen LogP contribution in [0.15, 0.2) is 0 Å². The Morgan fingerprint density at radius 3 is 2.62 bits per heavy atom. The SMILES string of the molecule is CC(C)(C)OC(=O)NCC(=O)N1CCCC1B1OC2C[C@H]3CC(C2(C)O1)C3(C)C. The van der Waals surface area contributed by atoms with Crippen LogP contribution in [0.2, 0.25) is 0 Å². The Labute approximate surface area is 174 Å². The van der Waals surface area contributed by atoms with Crippen molar-refractivity contribution in [1.82, 2.24) is 10.2 Å². The Morgan fingerprint density at radius 2 is 1.97 bits per heavy atom. The van der Waals surface area contributed by atoms with Crippen molar-refractivity contribution in [3.63, 3.8) is 0 Å². The molecule has 0 aromatic carbocycles. The third kappa shape index (κ3) is 3.56. The molecule has 2 bridgehead atoms. The molecular formula is C21H35BN2O5. The lowest BCUT2D eigenvalue weighted by molar-refractivity contribution is -0.199. The highest BCUT2D eigenvalue weighted by Crippen LogP contribution is 2.65. The van der Waals surface area contributed by atoms with Crippen molar-refractivity contribution in [3.05, 3.63) is 0 Å². The lowest BCUT2D eigenvalue weighted by Crippen LogP contribution is -2.65. The predicted octanol–water partition coefficient (Wildman–Crippen LogP) is 2.77. The zero-order valence-electron chi connectivity index (χ0n) is 18.6. The van der Waals surface area contributed by atoms with Crippen LogP contribution in [0.4, 0.5) is 4.79 Å². The first-order valence-electron chi connectivity index (χ1n) is 11.0. The molecule has 3 aliphatic carbocycles. The summed E-state index contributed by atoms with van der Waals surface area (Å²) in [6, 6.07) is 0. The normalized spacial score (nSPS) is 37.7. The Morgan fingerprint density at radius 1 is 1.24 bits per heavy atom. The fraction of sp³-hybridized carbons (Fsp3) is 0.905. The number of likely N-dealkylation sites (tertiary alicyclic amines) is 1. The van der Waals surface area contributed by atoms with Crippen molar-refractivity contribution in [2.45, 2.75) is 90.5 Å². The number of amides is 2. The molecule has 29 heavy (non-hydrogen) atoms. The van der Waals surface area contributed by atoms with Gasteiger partial charge < -0.3 is 24.3 Å². The van der Waals surface area contributed by atoms with E-state index in [0.29, 0.717) is 23.8 Å². The average molecular weight is 406 g/mol. The number of hydrogen-bond donors (Lipinski definition) is 1. The summed E-state index contributed by atoms with van der Waals surface area (Å²) < 4.78 is 18.2. The number of alkyl carbamates (subject to hydrolysis) is 1. The third-order valence-corrected chi connectivity index (χ3v) is 7.69. The van der Waals surface area contributed by atoms with E-state index in [9.17, 15) is 9.59 Å². The summed E-state index contributed by atoms with van der Waals surface area (Å²) in [6.45, 7) is 12.9. The second kappa shape index (κ2) is 6.87. The molecule has 3 saturated carbocycles. The minimum absolute atomic E-state index is 0.0729. The molecule has 1 N–H and O–H groups in total. The summed E-state index contributed by atoms with van der Waals surface area (Å²) in [4.78, 5) is 26.5. The van der Waals surface area contributed by atoms with E-state index in [0.717, 1.165) is 19.3 Å². The fourth-order valence-electron chi connectivity index (χ4n) is 6.01. The highest BCUT2D eigenvalue weighted by molar-refractivity contribution is 6.48. The maximum absolute atomic E-state index is 12.8. The topological polar surface area (TPSA) is 77.1 Å².